The minimum absolute atomic E-state index is 0.153. The molecule has 1 atom stereocenters. The molecule has 1 unspecified atom stereocenters. The van der Waals surface area contributed by atoms with Gasteiger partial charge in [-0.1, -0.05) is 0 Å². The molecule has 1 saturated carbocycles. The number of carboxylic acids is 1. The van der Waals surface area contributed by atoms with Gasteiger partial charge in [0.1, 0.15) is 11.4 Å². The van der Waals surface area contributed by atoms with Gasteiger partial charge in [-0.3, -0.25) is 4.90 Å². The SMILES string of the molecule is CC(C)(C)OC(=O)N(C1CC1)C(C)(C(=O)O)c1ccc(Br)o1. The van der Waals surface area contributed by atoms with Crippen molar-refractivity contribution in [2.24, 2.45) is 0 Å². The van der Waals surface area contributed by atoms with Gasteiger partial charge in [0, 0.05) is 6.04 Å². The smallest absolute Gasteiger partial charge is 0.411 e. The molecular formula is C15H20BrNO5. The molecule has 1 amide bonds. The van der Waals surface area contributed by atoms with Crippen LogP contribution in [0, 0.1) is 0 Å². The third-order valence-corrected chi connectivity index (χ3v) is 3.88. The molecular weight excluding hydrogens is 354 g/mol. The number of halogens is 1. The number of carboxylic acid groups (broad SMARTS) is 1. The molecule has 0 aromatic carbocycles. The minimum atomic E-state index is -1.62. The van der Waals surface area contributed by atoms with E-state index in [0.717, 1.165) is 12.8 Å². The van der Waals surface area contributed by atoms with Gasteiger partial charge in [0.05, 0.1) is 0 Å². The van der Waals surface area contributed by atoms with Crippen molar-refractivity contribution in [3.8, 4) is 0 Å². The first-order valence-corrected chi connectivity index (χ1v) is 7.86. The molecule has 1 aromatic rings. The van der Waals surface area contributed by atoms with Gasteiger partial charge in [-0.05, 0) is 68.6 Å². The number of rotatable bonds is 4. The van der Waals surface area contributed by atoms with Gasteiger partial charge in [-0.25, -0.2) is 9.59 Å². The lowest BCUT2D eigenvalue weighted by Gasteiger charge is -2.37. The van der Waals surface area contributed by atoms with E-state index in [-0.39, 0.29) is 11.8 Å². The summed E-state index contributed by atoms with van der Waals surface area (Å²) in [6, 6.07) is 3.01. The number of furan rings is 1. The number of hydrogen-bond donors (Lipinski definition) is 1. The summed E-state index contributed by atoms with van der Waals surface area (Å²) in [6.07, 6.45) is 0.862. The fourth-order valence-corrected chi connectivity index (χ4v) is 2.55. The second-order valence-electron chi connectivity index (χ2n) is 6.56. The van der Waals surface area contributed by atoms with Crippen molar-refractivity contribution >= 4 is 28.0 Å². The Kier molecular flexibility index (Phi) is 4.30. The van der Waals surface area contributed by atoms with Crippen LogP contribution in [0.1, 0.15) is 46.3 Å². The van der Waals surface area contributed by atoms with Crippen LogP contribution < -0.4 is 0 Å². The third-order valence-electron chi connectivity index (χ3n) is 3.45. The number of aliphatic carboxylic acids is 1. The van der Waals surface area contributed by atoms with Gasteiger partial charge in [0.25, 0.3) is 0 Å². The van der Waals surface area contributed by atoms with Gasteiger partial charge in [-0.15, -0.1) is 0 Å². The summed E-state index contributed by atoms with van der Waals surface area (Å²) in [5, 5.41) is 9.76. The zero-order chi connectivity index (χ0) is 16.7. The molecule has 0 spiro atoms. The zero-order valence-corrected chi connectivity index (χ0v) is 14.6. The highest BCUT2D eigenvalue weighted by atomic mass is 79.9. The van der Waals surface area contributed by atoms with E-state index in [1.165, 1.54) is 11.8 Å². The summed E-state index contributed by atoms with van der Waals surface area (Å²) in [5.41, 5.74) is -2.32. The average molecular weight is 374 g/mol. The Morgan fingerprint density at radius 1 is 1.32 bits per heavy atom. The van der Waals surface area contributed by atoms with Crippen molar-refractivity contribution in [3.05, 3.63) is 22.6 Å². The van der Waals surface area contributed by atoms with Crippen LogP contribution in [0.5, 0.6) is 0 Å². The number of hydrogen-bond acceptors (Lipinski definition) is 4. The summed E-state index contributed by atoms with van der Waals surface area (Å²) in [5.74, 6) is -0.975. The Bertz CT molecular complexity index is 587. The summed E-state index contributed by atoms with van der Waals surface area (Å²) in [7, 11) is 0. The Hall–Kier alpha value is -1.50. The maximum absolute atomic E-state index is 12.6. The maximum atomic E-state index is 12.6. The molecule has 0 saturated heterocycles. The van der Waals surface area contributed by atoms with Crippen molar-refractivity contribution in [2.75, 3.05) is 0 Å². The van der Waals surface area contributed by atoms with Crippen LogP contribution in [0.4, 0.5) is 4.79 Å². The Labute approximate surface area is 137 Å². The highest BCUT2D eigenvalue weighted by Crippen LogP contribution is 2.41. The van der Waals surface area contributed by atoms with Crippen LogP contribution in [-0.2, 0) is 15.1 Å². The fraction of sp³-hybridized carbons (Fsp3) is 0.600. The molecule has 7 heteroatoms. The van der Waals surface area contributed by atoms with Gasteiger partial charge >= 0.3 is 12.1 Å². The quantitative estimate of drug-likeness (QED) is 0.869. The first-order chi connectivity index (χ1) is 10.1. The first-order valence-electron chi connectivity index (χ1n) is 7.07. The summed E-state index contributed by atoms with van der Waals surface area (Å²) in [4.78, 5) is 25.8. The number of carbonyl (C=O) groups is 2. The third kappa shape index (κ3) is 3.29. The Morgan fingerprint density at radius 3 is 2.27 bits per heavy atom. The van der Waals surface area contributed by atoms with Crippen molar-refractivity contribution in [3.63, 3.8) is 0 Å². The molecule has 0 aliphatic heterocycles. The number of carbonyl (C=O) groups excluding carboxylic acids is 1. The molecule has 1 fully saturated rings. The van der Waals surface area contributed by atoms with Crippen LogP contribution in [0.3, 0.4) is 0 Å². The van der Waals surface area contributed by atoms with E-state index >= 15 is 0 Å². The van der Waals surface area contributed by atoms with E-state index in [1.54, 1.807) is 32.9 Å². The molecule has 0 radical (unpaired) electrons. The second kappa shape index (κ2) is 5.61. The average Bonchev–Trinajstić information content (AvgIpc) is 3.07. The topological polar surface area (TPSA) is 80.0 Å². The Balaban J connectivity index is 2.43. The standard InChI is InChI=1S/C15H20BrNO5/c1-14(2,3)22-13(20)17(9-5-6-9)15(4,12(18)19)10-7-8-11(16)21-10/h7-9H,5-6H2,1-4H3,(H,18,19). The lowest BCUT2D eigenvalue weighted by molar-refractivity contribution is -0.152. The molecule has 1 heterocycles. The van der Waals surface area contributed by atoms with Crippen LogP contribution in [-0.4, -0.2) is 33.7 Å². The van der Waals surface area contributed by atoms with Crippen LogP contribution in [0.2, 0.25) is 0 Å². The Morgan fingerprint density at radius 2 is 1.91 bits per heavy atom. The molecule has 1 N–H and O–H groups in total. The van der Waals surface area contributed by atoms with Crippen molar-refractivity contribution in [2.45, 2.75) is 57.7 Å². The van der Waals surface area contributed by atoms with E-state index < -0.39 is 23.2 Å². The van der Waals surface area contributed by atoms with Crippen molar-refractivity contribution < 1.29 is 23.8 Å². The highest BCUT2D eigenvalue weighted by Gasteiger charge is 2.53. The zero-order valence-electron chi connectivity index (χ0n) is 13.1. The van der Waals surface area contributed by atoms with E-state index in [2.05, 4.69) is 15.9 Å². The summed E-state index contributed by atoms with van der Waals surface area (Å²) in [6.45, 7) is 6.70. The van der Waals surface area contributed by atoms with Crippen LogP contribution >= 0.6 is 15.9 Å². The molecule has 6 nitrogen and oxygen atoms in total. The van der Waals surface area contributed by atoms with E-state index in [1.807, 2.05) is 0 Å². The molecule has 1 aliphatic rings. The number of nitrogens with zero attached hydrogens (tertiary/aromatic N) is 1. The normalized spacial score (nSPS) is 17.7. The largest absolute Gasteiger partial charge is 0.479 e. The predicted octanol–water partition coefficient (Wildman–Crippen LogP) is 3.74. The molecule has 22 heavy (non-hydrogen) atoms. The number of amides is 1. The van der Waals surface area contributed by atoms with Crippen LogP contribution in [0.25, 0.3) is 0 Å². The molecule has 1 aromatic heterocycles. The van der Waals surface area contributed by atoms with E-state index in [0.29, 0.717) is 4.67 Å². The number of ether oxygens (including phenoxy) is 1. The molecule has 1 aliphatic carbocycles. The molecule has 122 valence electrons. The second-order valence-corrected chi connectivity index (χ2v) is 7.34. The highest BCUT2D eigenvalue weighted by molar-refractivity contribution is 9.10. The molecule has 2 rings (SSSR count). The van der Waals surface area contributed by atoms with E-state index in [4.69, 9.17) is 9.15 Å². The van der Waals surface area contributed by atoms with Gasteiger partial charge < -0.3 is 14.3 Å². The van der Waals surface area contributed by atoms with Crippen LogP contribution in [0.15, 0.2) is 21.2 Å². The van der Waals surface area contributed by atoms with Gasteiger partial charge in [0.2, 0.25) is 0 Å². The minimum Gasteiger partial charge on any atom is -0.479 e. The lowest BCUT2D eigenvalue weighted by Crippen LogP contribution is -2.54. The monoisotopic (exact) mass is 373 g/mol. The lowest BCUT2D eigenvalue weighted by atomic mass is 9.96. The van der Waals surface area contributed by atoms with Gasteiger partial charge in [-0.2, -0.15) is 0 Å². The summed E-state index contributed by atoms with van der Waals surface area (Å²) >= 11 is 3.17. The van der Waals surface area contributed by atoms with E-state index in [9.17, 15) is 14.7 Å². The summed E-state index contributed by atoms with van der Waals surface area (Å²) < 4.78 is 11.2. The fourth-order valence-electron chi connectivity index (χ4n) is 2.24. The van der Waals surface area contributed by atoms with Crippen molar-refractivity contribution in [1.82, 2.24) is 4.90 Å². The maximum Gasteiger partial charge on any atom is 0.411 e. The first kappa shape index (κ1) is 16.9. The molecule has 0 bridgehead atoms. The van der Waals surface area contributed by atoms with Crippen molar-refractivity contribution in [1.29, 1.82) is 0 Å². The predicted molar refractivity (Wildman–Crippen MR) is 82.5 cm³/mol. The van der Waals surface area contributed by atoms with Gasteiger partial charge in [0.15, 0.2) is 10.2 Å².